The van der Waals surface area contributed by atoms with Crippen LogP contribution in [-0.4, -0.2) is 18.4 Å². The average Bonchev–Trinajstić information content (AvgIpc) is 2.70. The highest BCUT2D eigenvalue weighted by atomic mass is 19.1. The van der Waals surface area contributed by atoms with Crippen molar-refractivity contribution in [3.63, 3.8) is 0 Å². The number of rotatable bonds is 2. The van der Waals surface area contributed by atoms with E-state index in [9.17, 15) is 14.0 Å². The lowest BCUT2D eigenvalue weighted by Crippen LogP contribution is -2.29. The van der Waals surface area contributed by atoms with Gasteiger partial charge in [0.15, 0.2) is 0 Å². The van der Waals surface area contributed by atoms with E-state index in [-0.39, 0.29) is 17.6 Å². The smallest absolute Gasteiger partial charge is 0.237 e. The Morgan fingerprint density at radius 3 is 2.88 bits per heavy atom. The Labute approximate surface area is 98.2 Å². The molecule has 4 nitrogen and oxygen atoms in total. The Balaban J connectivity index is 2.07. The van der Waals surface area contributed by atoms with Crippen molar-refractivity contribution in [2.75, 3.05) is 11.9 Å². The molecule has 0 aromatic heterocycles. The fourth-order valence-corrected chi connectivity index (χ4v) is 1.74. The molecular weight excluding hydrogens is 223 g/mol. The van der Waals surface area contributed by atoms with Crippen LogP contribution in [0.1, 0.15) is 12.0 Å². The number of carbonyl (C=O) groups excluding carboxylic acids is 2. The van der Waals surface area contributed by atoms with Gasteiger partial charge in [-0.1, -0.05) is 6.07 Å². The Kier molecular flexibility index (Phi) is 3.08. The number of carbonyl (C=O) groups is 2. The molecule has 2 rings (SSSR count). The van der Waals surface area contributed by atoms with Gasteiger partial charge < -0.3 is 10.6 Å². The molecular formula is C12H13FN2O2. The highest BCUT2D eigenvalue weighted by molar-refractivity contribution is 6.07. The molecule has 1 heterocycles. The standard InChI is InChI=1S/C12H13FN2O2/c1-7-2-3-8(6-10(7)13)15-12(17)9-4-5-14-11(9)16/h2-3,6,9H,4-5H2,1H3,(H,14,16)(H,15,17). The van der Waals surface area contributed by atoms with Crippen LogP contribution in [0.3, 0.4) is 0 Å². The molecule has 1 aliphatic heterocycles. The molecule has 1 aromatic carbocycles. The minimum atomic E-state index is -0.667. The van der Waals surface area contributed by atoms with Gasteiger partial charge in [0, 0.05) is 12.2 Å². The third-order valence-corrected chi connectivity index (χ3v) is 2.80. The molecule has 5 heteroatoms. The molecule has 90 valence electrons. The van der Waals surface area contributed by atoms with E-state index in [0.717, 1.165) is 0 Å². The molecule has 1 aromatic rings. The predicted molar refractivity (Wildman–Crippen MR) is 60.9 cm³/mol. The molecule has 1 unspecified atom stereocenters. The molecule has 0 aliphatic carbocycles. The van der Waals surface area contributed by atoms with Gasteiger partial charge in [-0.3, -0.25) is 9.59 Å². The quantitative estimate of drug-likeness (QED) is 0.758. The maximum atomic E-state index is 13.3. The lowest BCUT2D eigenvalue weighted by molar-refractivity contribution is -0.130. The second-order valence-electron chi connectivity index (χ2n) is 4.09. The van der Waals surface area contributed by atoms with Crippen LogP contribution in [0.25, 0.3) is 0 Å². The van der Waals surface area contributed by atoms with Crippen molar-refractivity contribution in [2.24, 2.45) is 5.92 Å². The van der Waals surface area contributed by atoms with Gasteiger partial charge in [-0.25, -0.2) is 4.39 Å². The summed E-state index contributed by atoms with van der Waals surface area (Å²) in [4.78, 5) is 23.0. The average molecular weight is 236 g/mol. The second kappa shape index (κ2) is 4.53. The highest BCUT2D eigenvalue weighted by Crippen LogP contribution is 2.16. The van der Waals surface area contributed by atoms with Crippen LogP contribution in [-0.2, 0) is 9.59 Å². The highest BCUT2D eigenvalue weighted by Gasteiger charge is 2.30. The lowest BCUT2D eigenvalue weighted by atomic mass is 10.1. The van der Waals surface area contributed by atoms with Crippen molar-refractivity contribution < 1.29 is 14.0 Å². The molecule has 17 heavy (non-hydrogen) atoms. The van der Waals surface area contributed by atoms with Gasteiger partial charge in [0.2, 0.25) is 11.8 Å². The molecule has 2 N–H and O–H groups in total. The predicted octanol–water partition coefficient (Wildman–Crippen LogP) is 1.21. The number of hydrogen-bond donors (Lipinski definition) is 2. The summed E-state index contributed by atoms with van der Waals surface area (Å²) in [5.74, 6) is -1.70. The first kappa shape index (κ1) is 11.6. The molecule has 0 spiro atoms. The van der Waals surface area contributed by atoms with Crippen LogP contribution in [0, 0.1) is 18.7 Å². The van der Waals surface area contributed by atoms with E-state index >= 15 is 0 Å². The molecule has 1 fully saturated rings. The van der Waals surface area contributed by atoms with Gasteiger partial charge in [-0.15, -0.1) is 0 Å². The van der Waals surface area contributed by atoms with E-state index in [2.05, 4.69) is 10.6 Å². The molecule has 2 amide bonds. The topological polar surface area (TPSA) is 58.2 Å². The number of halogens is 1. The minimum Gasteiger partial charge on any atom is -0.355 e. The zero-order chi connectivity index (χ0) is 12.4. The van der Waals surface area contributed by atoms with E-state index in [1.165, 1.54) is 6.07 Å². The summed E-state index contributed by atoms with van der Waals surface area (Å²) in [6, 6.07) is 4.45. The zero-order valence-corrected chi connectivity index (χ0v) is 9.42. The maximum Gasteiger partial charge on any atom is 0.237 e. The van der Waals surface area contributed by atoms with Crippen LogP contribution in [0.15, 0.2) is 18.2 Å². The van der Waals surface area contributed by atoms with Gasteiger partial charge in [-0.05, 0) is 31.0 Å². The second-order valence-corrected chi connectivity index (χ2v) is 4.09. The molecule has 0 bridgehead atoms. The summed E-state index contributed by atoms with van der Waals surface area (Å²) in [5, 5.41) is 5.13. The minimum absolute atomic E-state index is 0.268. The van der Waals surface area contributed by atoms with E-state index in [4.69, 9.17) is 0 Å². The number of anilines is 1. The number of nitrogens with one attached hydrogen (secondary N) is 2. The summed E-state index contributed by atoms with van der Waals surface area (Å²) < 4.78 is 13.3. The summed E-state index contributed by atoms with van der Waals surface area (Å²) >= 11 is 0. The Bertz CT molecular complexity index is 474. The van der Waals surface area contributed by atoms with Crippen molar-refractivity contribution in [1.29, 1.82) is 0 Å². The molecule has 1 atom stereocenters. The largest absolute Gasteiger partial charge is 0.355 e. The number of benzene rings is 1. The van der Waals surface area contributed by atoms with Gasteiger partial charge in [0.25, 0.3) is 0 Å². The van der Waals surface area contributed by atoms with Crippen molar-refractivity contribution >= 4 is 17.5 Å². The van der Waals surface area contributed by atoms with Crippen molar-refractivity contribution in [2.45, 2.75) is 13.3 Å². The fraction of sp³-hybridized carbons (Fsp3) is 0.333. The maximum absolute atomic E-state index is 13.3. The molecule has 1 saturated heterocycles. The molecule has 1 aliphatic rings. The van der Waals surface area contributed by atoms with Crippen LogP contribution in [0.4, 0.5) is 10.1 Å². The van der Waals surface area contributed by atoms with Gasteiger partial charge in [-0.2, -0.15) is 0 Å². The third-order valence-electron chi connectivity index (χ3n) is 2.80. The van der Waals surface area contributed by atoms with Crippen molar-refractivity contribution in [3.05, 3.63) is 29.6 Å². The fourth-order valence-electron chi connectivity index (χ4n) is 1.74. The van der Waals surface area contributed by atoms with E-state index in [1.54, 1.807) is 19.1 Å². The zero-order valence-electron chi connectivity index (χ0n) is 9.42. The van der Waals surface area contributed by atoms with Crippen LogP contribution >= 0.6 is 0 Å². The monoisotopic (exact) mass is 236 g/mol. The van der Waals surface area contributed by atoms with Gasteiger partial charge >= 0.3 is 0 Å². The Morgan fingerprint density at radius 1 is 1.53 bits per heavy atom. The number of aryl methyl sites for hydroxylation is 1. The summed E-state index contributed by atoms with van der Waals surface area (Å²) in [5.41, 5.74) is 0.888. The van der Waals surface area contributed by atoms with E-state index in [1.807, 2.05) is 0 Å². The SMILES string of the molecule is Cc1ccc(NC(=O)C2CCNC2=O)cc1F. The first-order valence-electron chi connectivity index (χ1n) is 5.42. The van der Waals surface area contributed by atoms with Crippen LogP contribution in [0.2, 0.25) is 0 Å². The van der Waals surface area contributed by atoms with Gasteiger partial charge in [0.1, 0.15) is 11.7 Å². The molecule has 0 saturated carbocycles. The molecule has 0 radical (unpaired) electrons. The number of hydrogen-bond acceptors (Lipinski definition) is 2. The Morgan fingerprint density at radius 2 is 2.29 bits per heavy atom. The van der Waals surface area contributed by atoms with Crippen LogP contribution < -0.4 is 10.6 Å². The third kappa shape index (κ3) is 2.43. The van der Waals surface area contributed by atoms with Crippen molar-refractivity contribution in [3.8, 4) is 0 Å². The summed E-state index contributed by atoms with van der Waals surface area (Å²) in [7, 11) is 0. The van der Waals surface area contributed by atoms with Gasteiger partial charge in [0.05, 0.1) is 0 Å². The van der Waals surface area contributed by atoms with Crippen molar-refractivity contribution in [1.82, 2.24) is 5.32 Å². The van der Waals surface area contributed by atoms with E-state index in [0.29, 0.717) is 24.2 Å². The van der Waals surface area contributed by atoms with E-state index < -0.39 is 5.92 Å². The number of amides is 2. The first-order valence-corrected chi connectivity index (χ1v) is 5.42. The Hall–Kier alpha value is -1.91. The summed E-state index contributed by atoms with van der Waals surface area (Å²) in [6.07, 6.45) is 0.485. The summed E-state index contributed by atoms with van der Waals surface area (Å²) in [6.45, 7) is 2.16. The lowest BCUT2D eigenvalue weighted by Gasteiger charge is -2.09. The first-order chi connectivity index (χ1) is 8.08. The normalized spacial score (nSPS) is 18.9. The van der Waals surface area contributed by atoms with Crippen LogP contribution in [0.5, 0.6) is 0 Å².